The van der Waals surface area contributed by atoms with E-state index in [1.54, 1.807) is 0 Å². The first-order chi connectivity index (χ1) is 5.61. The SMILES string of the molecule is C=CCN(F)C(=O)OC(=O)C=C. The van der Waals surface area contributed by atoms with Crippen molar-refractivity contribution in [2.75, 3.05) is 6.54 Å². The number of hydrogen-bond donors (Lipinski definition) is 0. The average molecular weight is 173 g/mol. The summed E-state index contributed by atoms with van der Waals surface area (Å²) in [7, 11) is 0. The van der Waals surface area contributed by atoms with Crippen molar-refractivity contribution in [3.05, 3.63) is 25.3 Å². The van der Waals surface area contributed by atoms with Crippen molar-refractivity contribution >= 4 is 12.1 Å². The van der Waals surface area contributed by atoms with Crippen LogP contribution in [0.2, 0.25) is 0 Å². The molecule has 0 radical (unpaired) electrons. The monoisotopic (exact) mass is 173 g/mol. The first kappa shape index (κ1) is 10.3. The van der Waals surface area contributed by atoms with Gasteiger partial charge in [-0.3, -0.25) is 0 Å². The van der Waals surface area contributed by atoms with Crippen LogP contribution < -0.4 is 0 Å². The molecule has 0 rings (SSSR count). The summed E-state index contributed by atoms with van der Waals surface area (Å²) >= 11 is 0. The highest BCUT2D eigenvalue weighted by molar-refractivity contribution is 5.90. The Kier molecular flexibility index (Phi) is 4.36. The van der Waals surface area contributed by atoms with Gasteiger partial charge in [0, 0.05) is 6.08 Å². The molecule has 4 nitrogen and oxygen atoms in total. The minimum Gasteiger partial charge on any atom is -0.371 e. The number of carbonyl (C=O) groups is 2. The highest BCUT2D eigenvalue weighted by Gasteiger charge is 2.14. The quantitative estimate of drug-likeness (QED) is 0.212. The van der Waals surface area contributed by atoms with E-state index in [1.807, 2.05) is 0 Å². The first-order valence-electron chi connectivity index (χ1n) is 3.04. The van der Waals surface area contributed by atoms with Crippen LogP contribution in [-0.2, 0) is 9.53 Å². The number of halogens is 1. The van der Waals surface area contributed by atoms with Crippen LogP contribution in [0.1, 0.15) is 0 Å². The zero-order valence-corrected chi connectivity index (χ0v) is 6.33. The lowest BCUT2D eigenvalue weighted by molar-refractivity contribution is -0.134. The van der Waals surface area contributed by atoms with Gasteiger partial charge in [0.1, 0.15) is 0 Å². The fraction of sp³-hybridized carbons (Fsp3) is 0.143. The molecule has 0 saturated heterocycles. The predicted molar refractivity (Wildman–Crippen MR) is 39.7 cm³/mol. The Morgan fingerprint density at radius 3 is 2.50 bits per heavy atom. The highest BCUT2D eigenvalue weighted by Crippen LogP contribution is 1.95. The van der Waals surface area contributed by atoms with E-state index in [2.05, 4.69) is 17.9 Å². The van der Waals surface area contributed by atoms with Crippen molar-refractivity contribution in [3.63, 3.8) is 0 Å². The fourth-order valence-corrected chi connectivity index (χ4v) is 0.365. The normalized spacial score (nSPS) is 8.42. The van der Waals surface area contributed by atoms with Gasteiger partial charge in [0.15, 0.2) is 0 Å². The third kappa shape index (κ3) is 3.50. The van der Waals surface area contributed by atoms with Crippen LogP contribution in [0.3, 0.4) is 0 Å². The lowest BCUT2D eigenvalue weighted by atomic mass is 10.6. The van der Waals surface area contributed by atoms with E-state index in [1.165, 1.54) is 0 Å². The Bertz CT molecular complexity index is 215. The molecule has 0 unspecified atom stereocenters. The maximum atomic E-state index is 12.4. The third-order valence-corrected chi connectivity index (χ3v) is 0.842. The van der Waals surface area contributed by atoms with E-state index >= 15 is 0 Å². The van der Waals surface area contributed by atoms with Gasteiger partial charge in [-0.1, -0.05) is 17.1 Å². The van der Waals surface area contributed by atoms with Gasteiger partial charge in [0.25, 0.3) is 0 Å². The zero-order valence-electron chi connectivity index (χ0n) is 6.33. The molecule has 66 valence electrons. The summed E-state index contributed by atoms with van der Waals surface area (Å²) in [6.45, 7) is 5.89. The summed E-state index contributed by atoms with van der Waals surface area (Å²) < 4.78 is 16.3. The Morgan fingerprint density at radius 1 is 1.50 bits per heavy atom. The third-order valence-electron chi connectivity index (χ3n) is 0.842. The van der Waals surface area contributed by atoms with E-state index in [9.17, 15) is 14.1 Å². The van der Waals surface area contributed by atoms with Crippen LogP contribution in [0.25, 0.3) is 0 Å². The topological polar surface area (TPSA) is 46.6 Å². The van der Waals surface area contributed by atoms with Gasteiger partial charge in [-0.15, -0.1) is 11.7 Å². The van der Waals surface area contributed by atoms with E-state index < -0.39 is 12.1 Å². The van der Waals surface area contributed by atoms with Crippen molar-refractivity contribution in [1.82, 2.24) is 5.12 Å². The van der Waals surface area contributed by atoms with Gasteiger partial charge in [-0.25, -0.2) is 9.59 Å². The Hall–Kier alpha value is -1.65. The minimum absolute atomic E-state index is 0.283. The van der Waals surface area contributed by atoms with Crippen LogP contribution in [0.15, 0.2) is 25.3 Å². The van der Waals surface area contributed by atoms with Crippen LogP contribution >= 0.6 is 0 Å². The molecular formula is C7H8FNO3. The largest absolute Gasteiger partial charge is 0.446 e. The molecule has 0 bridgehead atoms. The number of amides is 1. The Morgan fingerprint density at radius 2 is 2.08 bits per heavy atom. The van der Waals surface area contributed by atoms with Gasteiger partial charge in [-0.05, 0) is 0 Å². The molecule has 0 aliphatic rings. The lowest BCUT2D eigenvalue weighted by Gasteiger charge is -2.06. The van der Waals surface area contributed by atoms with Crippen molar-refractivity contribution in [3.8, 4) is 0 Å². The molecule has 0 aromatic rings. The summed E-state index contributed by atoms with van der Waals surface area (Å²) in [6.07, 6.45) is 0.541. The molecule has 0 N–H and O–H groups in total. The molecule has 0 heterocycles. The van der Waals surface area contributed by atoms with Crippen molar-refractivity contribution in [1.29, 1.82) is 0 Å². The summed E-state index contributed by atoms with van der Waals surface area (Å²) in [5.41, 5.74) is 0. The average Bonchev–Trinajstić information content (AvgIpc) is 2.04. The number of nitrogens with zero attached hydrogens (tertiary/aromatic N) is 1. The predicted octanol–water partition coefficient (Wildman–Crippen LogP) is 1.21. The van der Waals surface area contributed by atoms with E-state index in [-0.39, 0.29) is 11.7 Å². The van der Waals surface area contributed by atoms with Gasteiger partial charge < -0.3 is 4.74 Å². The van der Waals surface area contributed by atoms with Gasteiger partial charge >= 0.3 is 12.1 Å². The zero-order chi connectivity index (χ0) is 9.56. The van der Waals surface area contributed by atoms with Gasteiger partial charge in [0.05, 0.1) is 6.54 Å². The molecule has 0 aliphatic carbocycles. The van der Waals surface area contributed by atoms with Crippen LogP contribution in [-0.4, -0.2) is 23.7 Å². The first-order valence-corrected chi connectivity index (χ1v) is 3.04. The number of hydrogen-bond acceptors (Lipinski definition) is 3. The molecule has 0 saturated carbocycles. The lowest BCUT2D eigenvalue weighted by Crippen LogP contribution is -2.25. The van der Waals surface area contributed by atoms with E-state index in [0.29, 0.717) is 0 Å². The fourth-order valence-electron chi connectivity index (χ4n) is 0.365. The molecule has 0 aromatic carbocycles. The molecule has 1 amide bonds. The molecular weight excluding hydrogens is 165 g/mol. The number of esters is 1. The molecule has 0 aliphatic heterocycles. The number of ether oxygens (including phenoxy) is 1. The molecule has 5 heteroatoms. The molecule has 0 fully saturated rings. The summed E-state index contributed by atoms with van der Waals surface area (Å²) in [5.74, 6) is -0.994. The Balaban J connectivity index is 3.94. The minimum atomic E-state index is -1.38. The van der Waals surface area contributed by atoms with Crippen LogP contribution in [0.5, 0.6) is 0 Å². The summed E-state index contributed by atoms with van der Waals surface area (Å²) in [6, 6.07) is 0. The maximum Gasteiger partial charge on any atom is 0.446 e. The summed E-state index contributed by atoms with van der Waals surface area (Å²) in [4.78, 5) is 20.9. The van der Waals surface area contributed by atoms with Crippen molar-refractivity contribution in [2.24, 2.45) is 0 Å². The highest BCUT2D eigenvalue weighted by atomic mass is 19.2. The van der Waals surface area contributed by atoms with Gasteiger partial charge in [-0.2, -0.15) is 0 Å². The second kappa shape index (κ2) is 5.06. The second-order valence-corrected chi connectivity index (χ2v) is 1.72. The van der Waals surface area contributed by atoms with Crippen LogP contribution in [0.4, 0.5) is 9.28 Å². The van der Waals surface area contributed by atoms with Gasteiger partial charge in [0.2, 0.25) is 0 Å². The standard InChI is InChI=1S/C7H8FNO3/c1-3-5-9(8)7(11)12-6(10)4-2/h3-4H,1-2,5H2. The smallest absolute Gasteiger partial charge is 0.371 e. The molecule has 0 aromatic heterocycles. The molecule has 0 atom stereocenters. The van der Waals surface area contributed by atoms with Crippen LogP contribution in [0, 0.1) is 0 Å². The maximum absolute atomic E-state index is 12.4. The summed E-state index contributed by atoms with van der Waals surface area (Å²) in [5, 5.41) is -0.283. The molecule has 0 spiro atoms. The number of carbonyl (C=O) groups excluding carboxylic acids is 2. The molecule has 12 heavy (non-hydrogen) atoms. The second-order valence-electron chi connectivity index (χ2n) is 1.72. The van der Waals surface area contributed by atoms with E-state index in [4.69, 9.17) is 0 Å². The Labute approximate surface area is 68.8 Å². The van der Waals surface area contributed by atoms with Crippen molar-refractivity contribution in [2.45, 2.75) is 0 Å². The van der Waals surface area contributed by atoms with E-state index in [0.717, 1.165) is 12.2 Å². The van der Waals surface area contributed by atoms with Crippen molar-refractivity contribution < 1.29 is 18.8 Å². The number of rotatable bonds is 3.